The van der Waals surface area contributed by atoms with Crippen molar-refractivity contribution >= 4 is 39.4 Å². The molecule has 0 unspecified atom stereocenters. The highest BCUT2D eigenvalue weighted by atomic mass is 79.9. The maximum atomic E-state index is 12.0. The number of hydrogen-bond donors (Lipinski definition) is 2. The van der Waals surface area contributed by atoms with Crippen molar-refractivity contribution in [1.82, 2.24) is 10.2 Å². The van der Waals surface area contributed by atoms with Gasteiger partial charge in [0.15, 0.2) is 6.61 Å². The van der Waals surface area contributed by atoms with Crippen LogP contribution in [0.4, 0.5) is 5.69 Å². The summed E-state index contributed by atoms with van der Waals surface area (Å²) in [7, 11) is 0. The summed E-state index contributed by atoms with van der Waals surface area (Å²) in [6, 6.07) is 14.3. The minimum absolute atomic E-state index is 0.325. The molecule has 2 amide bonds. The number of halogens is 1. The Morgan fingerprint density at radius 1 is 1.06 bits per heavy atom. The molecule has 0 spiro atoms. The Bertz CT molecular complexity index is 914. The molecule has 2 N–H and O–H groups in total. The number of morpholine rings is 1. The van der Waals surface area contributed by atoms with Gasteiger partial charge in [-0.2, -0.15) is 0 Å². The van der Waals surface area contributed by atoms with Crippen LogP contribution < -0.4 is 10.6 Å². The lowest BCUT2D eigenvalue weighted by atomic mass is 10.2. The Labute approximate surface area is 189 Å². The lowest BCUT2D eigenvalue weighted by molar-refractivity contribution is -0.146. The quantitative estimate of drug-likeness (QED) is 0.551. The lowest BCUT2D eigenvalue weighted by Crippen LogP contribution is -2.35. The molecule has 1 aliphatic rings. The number of nitrogens with one attached hydrogen (secondary N) is 2. The number of hydrogen-bond acceptors (Lipinski definition) is 6. The Morgan fingerprint density at radius 3 is 2.52 bits per heavy atom. The summed E-state index contributed by atoms with van der Waals surface area (Å²) in [5.41, 5.74) is 2.18. The molecule has 9 heteroatoms. The maximum absolute atomic E-state index is 12.0. The fourth-order valence-corrected chi connectivity index (χ4v) is 3.39. The van der Waals surface area contributed by atoms with Gasteiger partial charge in [-0.1, -0.05) is 34.1 Å². The number of rotatable bonds is 8. The molecule has 0 aromatic heterocycles. The van der Waals surface area contributed by atoms with E-state index in [4.69, 9.17) is 9.47 Å². The van der Waals surface area contributed by atoms with Crippen LogP contribution in [0.2, 0.25) is 0 Å². The van der Waals surface area contributed by atoms with Crippen molar-refractivity contribution in [3.8, 4) is 0 Å². The van der Waals surface area contributed by atoms with Crippen LogP contribution in [0.3, 0.4) is 0 Å². The molecule has 1 heterocycles. The van der Waals surface area contributed by atoms with E-state index < -0.39 is 24.4 Å². The number of amides is 2. The minimum Gasteiger partial charge on any atom is -0.454 e. The normalized spacial score (nSPS) is 14.0. The standard InChI is InChI=1S/C22H24BrN3O5/c23-18-3-1-2-17(12-18)22(29)24-13-21(28)31-15-20(27)25-19-6-4-16(5-7-19)14-26-8-10-30-11-9-26/h1-7,12H,8-11,13-15H2,(H,24,29)(H,25,27). The van der Waals surface area contributed by atoms with E-state index >= 15 is 0 Å². The predicted molar refractivity (Wildman–Crippen MR) is 119 cm³/mol. The molecule has 0 aliphatic carbocycles. The summed E-state index contributed by atoms with van der Waals surface area (Å²) in [4.78, 5) is 38.1. The van der Waals surface area contributed by atoms with E-state index in [1.165, 1.54) is 0 Å². The molecule has 2 aromatic rings. The minimum atomic E-state index is -0.695. The highest BCUT2D eigenvalue weighted by molar-refractivity contribution is 9.10. The van der Waals surface area contributed by atoms with E-state index in [1.807, 2.05) is 24.3 Å². The van der Waals surface area contributed by atoms with E-state index in [2.05, 4.69) is 31.5 Å². The van der Waals surface area contributed by atoms with Gasteiger partial charge < -0.3 is 20.1 Å². The first-order valence-corrected chi connectivity index (χ1v) is 10.7. The summed E-state index contributed by atoms with van der Waals surface area (Å²) in [6.45, 7) is 3.40. The highest BCUT2D eigenvalue weighted by Crippen LogP contribution is 2.13. The Balaban J connectivity index is 1.36. The van der Waals surface area contributed by atoms with Crippen LogP contribution >= 0.6 is 15.9 Å². The van der Waals surface area contributed by atoms with Gasteiger partial charge in [-0.3, -0.25) is 19.3 Å². The molecule has 31 heavy (non-hydrogen) atoms. The smallest absolute Gasteiger partial charge is 0.325 e. The van der Waals surface area contributed by atoms with Crippen LogP contribution in [0, 0.1) is 0 Å². The van der Waals surface area contributed by atoms with E-state index in [0.29, 0.717) is 11.3 Å². The molecule has 1 fully saturated rings. The summed E-state index contributed by atoms with van der Waals surface area (Å²) in [6.07, 6.45) is 0. The largest absolute Gasteiger partial charge is 0.454 e. The van der Waals surface area contributed by atoms with E-state index in [-0.39, 0.29) is 6.54 Å². The Hall–Kier alpha value is -2.75. The van der Waals surface area contributed by atoms with Crippen molar-refractivity contribution in [3.05, 3.63) is 64.1 Å². The summed E-state index contributed by atoms with van der Waals surface area (Å²) in [5, 5.41) is 5.14. The van der Waals surface area contributed by atoms with Gasteiger partial charge in [0.1, 0.15) is 6.54 Å². The molecule has 0 bridgehead atoms. The average molecular weight is 490 g/mol. The summed E-state index contributed by atoms with van der Waals surface area (Å²) >= 11 is 3.28. The molecule has 3 rings (SSSR count). The fourth-order valence-electron chi connectivity index (χ4n) is 2.99. The third-order valence-corrected chi connectivity index (χ3v) is 5.09. The zero-order valence-corrected chi connectivity index (χ0v) is 18.5. The summed E-state index contributed by atoms with van der Waals surface area (Å²) in [5.74, 6) is -1.55. The van der Waals surface area contributed by atoms with Crippen molar-refractivity contribution in [2.45, 2.75) is 6.54 Å². The van der Waals surface area contributed by atoms with Crippen molar-refractivity contribution in [2.24, 2.45) is 0 Å². The number of nitrogens with zero attached hydrogens (tertiary/aromatic N) is 1. The predicted octanol–water partition coefficient (Wildman–Crippen LogP) is 2.19. The number of anilines is 1. The molecule has 1 aliphatic heterocycles. The number of esters is 1. The van der Waals surface area contributed by atoms with Gasteiger partial charge in [-0.05, 0) is 35.9 Å². The molecule has 164 valence electrons. The zero-order valence-electron chi connectivity index (χ0n) is 16.9. The van der Waals surface area contributed by atoms with Gasteiger partial charge in [0, 0.05) is 35.4 Å². The molecule has 1 saturated heterocycles. The second-order valence-electron chi connectivity index (χ2n) is 6.99. The maximum Gasteiger partial charge on any atom is 0.325 e. The third kappa shape index (κ3) is 7.78. The molecule has 0 saturated carbocycles. The van der Waals surface area contributed by atoms with E-state index in [0.717, 1.165) is 42.9 Å². The van der Waals surface area contributed by atoms with Crippen molar-refractivity contribution in [2.75, 3.05) is 44.8 Å². The molecule has 0 atom stereocenters. The van der Waals surface area contributed by atoms with Crippen LogP contribution in [-0.4, -0.2) is 62.1 Å². The number of carbonyl (C=O) groups excluding carboxylic acids is 3. The van der Waals surface area contributed by atoms with E-state index in [1.54, 1.807) is 24.3 Å². The number of carbonyl (C=O) groups is 3. The number of ether oxygens (including phenoxy) is 2. The van der Waals surface area contributed by atoms with Gasteiger partial charge >= 0.3 is 5.97 Å². The second-order valence-corrected chi connectivity index (χ2v) is 7.90. The van der Waals surface area contributed by atoms with Crippen LogP contribution in [0.1, 0.15) is 15.9 Å². The fraction of sp³-hybridized carbons (Fsp3) is 0.318. The van der Waals surface area contributed by atoms with Crippen LogP contribution in [0.5, 0.6) is 0 Å². The first kappa shape index (κ1) is 22.9. The van der Waals surface area contributed by atoms with Crippen molar-refractivity contribution in [3.63, 3.8) is 0 Å². The topological polar surface area (TPSA) is 97.0 Å². The van der Waals surface area contributed by atoms with Gasteiger partial charge in [0.2, 0.25) is 0 Å². The Morgan fingerprint density at radius 2 is 1.81 bits per heavy atom. The lowest BCUT2D eigenvalue weighted by Gasteiger charge is -2.26. The summed E-state index contributed by atoms with van der Waals surface area (Å²) < 4.78 is 11.0. The van der Waals surface area contributed by atoms with Gasteiger partial charge in [0.25, 0.3) is 11.8 Å². The molecule has 0 radical (unpaired) electrons. The highest BCUT2D eigenvalue weighted by Gasteiger charge is 2.12. The van der Waals surface area contributed by atoms with Gasteiger partial charge in [0.05, 0.1) is 13.2 Å². The number of benzene rings is 2. The van der Waals surface area contributed by atoms with Crippen LogP contribution in [0.15, 0.2) is 53.0 Å². The van der Waals surface area contributed by atoms with Gasteiger partial charge in [-0.25, -0.2) is 0 Å². The second kappa shape index (κ2) is 11.6. The first-order chi connectivity index (χ1) is 15.0. The zero-order chi connectivity index (χ0) is 22.1. The van der Waals surface area contributed by atoms with Crippen LogP contribution in [0.25, 0.3) is 0 Å². The third-order valence-electron chi connectivity index (χ3n) is 4.59. The van der Waals surface area contributed by atoms with E-state index in [9.17, 15) is 14.4 Å². The first-order valence-electron chi connectivity index (χ1n) is 9.88. The van der Waals surface area contributed by atoms with Gasteiger partial charge in [-0.15, -0.1) is 0 Å². The average Bonchev–Trinajstić information content (AvgIpc) is 2.78. The SMILES string of the molecule is O=C(COC(=O)CNC(=O)c1cccc(Br)c1)Nc1ccc(CN2CCOCC2)cc1. The molecule has 2 aromatic carbocycles. The van der Waals surface area contributed by atoms with Crippen molar-refractivity contribution < 1.29 is 23.9 Å². The monoisotopic (exact) mass is 489 g/mol. The van der Waals surface area contributed by atoms with Crippen molar-refractivity contribution in [1.29, 1.82) is 0 Å². The van der Waals surface area contributed by atoms with Crippen LogP contribution in [-0.2, 0) is 25.6 Å². The molecular weight excluding hydrogens is 466 g/mol. The molecular formula is C22H24BrN3O5. The Kier molecular flexibility index (Phi) is 8.57. The molecule has 8 nitrogen and oxygen atoms in total.